The number of benzene rings is 2. The molecule has 0 atom stereocenters. The Morgan fingerprint density at radius 3 is 2.62 bits per heavy atom. The fourth-order valence-corrected chi connectivity index (χ4v) is 5.06. The molecule has 2 aliphatic heterocycles. The van der Waals surface area contributed by atoms with Crippen LogP contribution in [0.15, 0.2) is 48.5 Å². The van der Waals surface area contributed by atoms with Crippen LogP contribution in [0.1, 0.15) is 31.2 Å². The third kappa shape index (κ3) is 5.33. The highest BCUT2D eigenvalue weighted by atomic mass is 16.5. The molecule has 0 radical (unpaired) electrons. The number of piperidine rings is 1. The maximum absolute atomic E-state index is 13.5. The first-order valence-corrected chi connectivity index (χ1v) is 11.9. The minimum Gasteiger partial charge on any atom is -0.496 e. The van der Waals surface area contributed by atoms with E-state index in [0.29, 0.717) is 19.1 Å². The van der Waals surface area contributed by atoms with Crippen molar-refractivity contribution < 1.29 is 14.3 Å². The minimum atomic E-state index is -0.400. The van der Waals surface area contributed by atoms with E-state index in [4.69, 9.17) is 9.47 Å². The van der Waals surface area contributed by atoms with E-state index in [0.717, 1.165) is 68.6 Å². The lowest BCUT2D eigenvalue weighted by molar-refractivity contribution is -0.137. The van der Waals surface area contributed by atoms with Gasteiger partial charge in [0.15, 0.2) is 0 Å². The van der Waals surface area contributed by atoms with Gasteiger partial charge in [0.1, 0.15) is 5.75 Å². The summed E-state index contributed by atoms with van der Waals surface area (Å²) in [6.07, 6.45) is 4.59. The quantitative estimate of drug-likeness (QED) is 0.708. The molecule has 0 bridgehead atoms. The molecule has 0 saturated carbocycles. The average molecular weight is 437 g/mol. The number of hydrogen-bond donors (Lipinski definition) is 1. The highest BCUT2D eigenvalue weighted by molar-refractivity contribution is 5.83. The van der Waals surface area contributed by atoms with Crippen LogP contribution in [0.4, 0.5) is 0 Å². The number of nitrogens with one attached hydrogen (secondary N) is 1. The normalized spacial score (nSPS) is 19.4. The van der Waals surface area contributed by atoms with Crippen LogP contribution >= 0.6 is 0 Å². The summed E-state index contributed by atoms with van der Waals surface area (Å²) in [7, 11) is 3.87. The molecule has 2 aromatic carbocycles. The summed E-state index contributed by atoms with van der Waals surface area (Å²) in [5, 5.41) is 3.33. The lowest BCUT2D eigenvalue weighted by Crippen LogP contribution is -2.48. The zero-order valence-corrected chi connectivity index (χ0v) is 19.4. The molecule has 2 fully saturated rings. The number of hydrogen-bond acceptors (Lipinski definition) is 4. The Balaban J connectivity index is 1.49. The van der Waals surface area contributed by atoms with Crippen molar-refractivity contribution in [2.24, 2.45) is 11.3 Å². The summed E-state index contributed by atoms with van der Waals surface area (Å²) in [5.41, 5.74) is 2.98. The van der Waals surface area contributed by atoms with Crippen LogP contribution in [0.25, 0.3) is 11.1 Å². The molecule has 0 unspecified atom stereocenters. The van der Waals surface area contributed by atoms with E-state index in [2.05, 4.69) is 47.6 Å². The molecule has 1 N–H and O–H groups in total. The second-order valence-corrected chi connectivity index (χ2v) is 9.43. The fourth-order valence-electron chi connectivity index (χ4n) is 5.06. The smallest absolute Gasteiger partial charge is 0.226 e. The van der Waals surface area contributed by atoms with Crippen molar-refractivity contribution in [2.75, 3.05) is 47.0 Å². The maximum Gasteiger partial charge on any atom is 0.226 e. The highest BCUT2D eigenvalue weighted by Gasteiger charge is 2.40. The van der Waals surface area contributed by atoms with Gasteiger partial charge in [-0.2, -0.15) is 0 Å². The van der Waals surface area contributed by atoms with E-state index in [-0.39, 0.29) is 5.91 Å². The molecule has 0 spiro atoms. The Labute approximate surface area is 192 Å². The van der Waals surface area contributed by atoms with Gasteiger partial charge in [-0.25, -0.2) is 0 Å². The molecule has 2 heterocycles. The van der Waals surface area contributed by atoms with Crippen LogP contribution < -0.4 is 10.1 Å². The molecule has 32 heavy (non-hydrogen) atoms. The van der Waals surface area contributed by atoms with Crippen molar-refractivity contribution in [3.63, 3.8) is 0 Å². The summed E-state index contributed by atoms with van der Waals surface area (Å²) in [5.74, 6) is 1.64. The van der Waals surface area contributed by atoms with Crippen molar-refractivity contribution in [2.45, 2.75) is 32.1 Å². The molecule has 5 nitrogen and oxygen atoms in total. The lowest BCUT2D eigenvalue weighted by atomic mass is 9.74. The highest BCUT2D eigenvalue weighted by Crippen LogP contribution is 2.37. The Kier molecular flexibility index (Phi) is 7.48. The van der Waals surface area contributed by atoms with Crippen LogP contribution in [-0.2, 0) is 16.0 Å². The summed E-state index contributed by atoms with van der Waals surface area (Å²) >= 11 is 0. The molecule has 2 aromatic rings. The number of methoxy groups -OCH3 is 1. The topological polar surface area (TPSA) is 50.8 Å². The van der Waals surface area contributed by atoms with Crippen molar-refractivity contribution in [3.05, 3.63) is 54.1 Å². The van der Waals surface area contributed by atoms with Gasteiger partial charge < -0.3 is 19.7 Å². The molecule has 4 rings (SSSR count). The molecule has 1 amide bonds. The fraction of sp³-hybridized carbons (Fsp3) is 0.519. The standard InChI is InChI=1S/C27H36N2O3/c1-29-14-10-21(11-15-29)20-28-26(30)27(12-16-32-17-13-27)19-22-6-5-7-23(18-22)24-8-3-4-9-25(24)31-2/h3-9,18,21H,10-17,19-20H2,1-2H3,(H,28,30). The minimum absolute atomic E-state index is 0.197. The first kappa shape index (κ1) is 22.8. The third-order valence-electron chi connectivity index (χ3n) is 7.21. The zero-order chi connectivity index (χ0) is 22.4. The molecule has 2 saturated heterocycles. The van der Waals surface area contributed by atoms with Gasteiger partial charge in [-0.05, 0) is 75.4 Å². The number of rotatable bonds is 7. The predicted octanol–water partition coefficient (Wildman–Crippen LogP) is 4.16. The van der Waals surface area contributed by atoms with Crippen molar-refractivity contribution in [3.8, 4) is 16.9 Å². The Morgan fingerprint density at radius 2 is 1.88 bits per heavy atom. The SMILES string of the molecule is COc1ccccc1-c1cccc(CC2(C(=O)NCC3CCN(C)CC3)CCOCC2)c1. The summed E-state index contributed by atoms with van der Waals surface area (Å²) in [4.78, 5) is 15.9. The van der Waals surface area contributed by atoms with Gasteiger partial charge in [-0.15, -0.1) is 0 Å². The van der Waals surface area contributed by atoms with Crippen LogP contribution in [0.2, 0.25) is 0 Å². The van der Waals surface area contributed by atoms with Crippen molar-refractivity contribution in [1.29, 1.82) is 0 Å². The van der Waals surface area contributed by atoms with Gasteiger partial charge in [0, 0.05) is 25.3 Å². The Bertz CT molecular complexity index is 899. The van der Waals surface area contributed by atoms with Crippen LogP contribution in [-0.4, -0.2) is 57.8 Å². The number of ether oxygens (including phenoxy) is 2. The van der Waals surface area contributed by atoms with E-state index in [1.807, 2.05) is 18.2 Å². The number of para-hydroxylation sites is 1. The lowest BCUT2D eigenvalue weighted by Gasteiger charge is -2.37. The summed E-state index contributed by atoms with van der Waals surface area (Å²) in [6, 6.07) is 16.6. The van der Waals surface area contributed by atoms with E-state index in [1.165, 1.54) is 5.56 Å². The van der Waals surface area contributed by atoms with Gasteiger partial charge in [-0.3, -0.25) is 4.79 Å². The summed E-state index contributed by atoms with van der Waals surface area (Å²) in [6.45, 7) is 4.32. The van der Waals surface area contributed by atoms with E-state index >= 15 is 0 Å². The average Bonchev–Trinajstić information content (AvgIpc) is 2.84. The summed E-state index contributed by atoms with van der Waals surface area (Å²) < 4.78 is 11.2. The largest absolute Gasteiger partial charge is 0.496 e. The van der Waals surface area contributed by atoms with Crippen LogP contribution in [0, 0.1) is 11.3 Å². The number of nitrogens with zero attached hydrogens (tertiary/aromatic N) is 1. The molecule has 5 heteroatoms. The van der Waals surface area contributed by atoms with Crippen LogP contribution in [0.3, 0.4) is 0 Å². The first-order chi connectivity index (χ1) is 15.6. The second kappa shape index (κ2) is 10.5. The van der Waals surface area contributed by atoms with Gasteiger partial charge in [0.25, 0.3) is 0 Å². The van der Waals surface area contributed by atoms with Crippen LogP contribution in [0.5, 0.6) is 5.75 Å². The van der Waals surface area contributed by atoms with Gasteiger partial charge >= 0.3 is 0 Å². The molecular formula is C27H36N2O3. The molecule has 0 aromatic heterocycles. The predicted molar refractivity (Wildman–Crippen MR) is 128 cm³/mol. The van der Waals surface area contributed by atoms with E-state index in [1.54, 1.807) is 7.11 Å². The number of carbonyl (C=O) groups is 1. The molecule has 0 aliphatic carbocycles. The second-order valence-electron chi connectivity index (χ2n) is 9.43. The Morgan fingerprint density at radius 1 is 1.12 bits per heavy atom. The number of amides is 1. The third-order valence-corrected chi connectivity index (χ3v) is 7.21. The maximum atomic E-state index is 13.5. The molecular weight excluding hydrogens is 400 g/mol. The van der Waals surface area contributed by atoms with Crippen molar-refractivity contribution >= 4 is 5.91 Å². The molecule has 2 aliphatic rings. The van der Waals surface area contributed by atoms with Crippen molar-refractivity contribution in [1.82, 2.24) is 10.2 Å². The van der Waals surface area contributed by atoms with E-state index < -0.39 is 5.41 Å². The van der Waals surface area contributed by atoms with Gasteiger partial charge in [0.2, 0.25) is 5.91 Å². The number of likely N-dealkylation sites (tertiary alicyclic amines) is 1. The first-order valence-electron chi connectivity index (χ1n) is 11.9. The zero-order valence-electron chi connectivity index (χ0n) is 19.4. The molecule has 172 valence electrons. The van der Waals surface area contributed by atoms with Gasteiger partial charge in [0.05, 0.1) is 12.5 Å². The number of carbonyl (C=O) groups excluding carboxylic acids is 1. The van der Waals surface area contributed by atoms with E-state index in [9.17, 15) is 4.79 Å². The monoisotopic (exact) mass is 436 g/mol. The Hall–Kier alpha value is -2.37. The van der Waals surface area contributed by atoms with Gasteiger partial charge in [-0.1, -0.05) is 42.5 Å².